The van der Waals surface area contributed by atoms with Crippen LogP contribution in [0.4, 0.5) is 0 Å². The van der Waals surface area contributed by atoms with E-state index in [4.69, 9.17) is 0 Å². The number of aromatic nitrogens is 3. The minimum atomic E-state index is 0.0896. The molecule has 4 heterocycles. The number of nitrogens with zero attached hydrogens (tertiary/aromatic N) is 4. The van der Waals surface area contributed by atoms with E-state index >= 15 is 0 Å². The standard InChI is InChI=1S/C25H21N5O/c31-25(29-15-13-27-14-16-29)21-4-2-20(3-5-21)22-6-8-24-28-17-23(30(24)18-22)7-1-19-9-11-26-12-10-19/h2-6,8-12,17-18,27H,13-16H2. The van der Waals surface area contributed by atoms with Gasteiger partial charge < -0.3 is 10.2 Å². The van der Waals surface area contributed by atoms with Crippen LogP contribution in [0.1, 0.15) is 21.6 Å². The minimum absolute atomic E-state index is 0.0896. The summed E-state index contributed by atoms with van der Waals surface area (Å²) in [7, 11) is 0. The molecule has 1 saturated heterocycles. The molecule has 1 amide bonds. The predicted octanol–water partition coefficient (Wildman–Crippen LogP) is 2.84. The zero-order valence-electron chi connectivity index (χ0n) is 17.0. The molecule has 0 atom stereocenters. The molecule has 1 aliphatic heterocycles. The average molecular weight is 407 g/mol. The highest BCUT2D eigenvalue weighted by atomic mass is 16.2. The van der Waals surface area contributed by atoms with E-state index < -0.39 is 0 Å². The topological polar surface area (TPSA) is 62.5 Å². The molecule has 0 radical (unpaired) electrons. The Morgan fingerprint density at radius 1 is 0.903 bits per heavy atom. The van der Waals surface area contributed by atoms with Gasteiger partial charge in [-0.2, -0.15) is 0 Å². The number of hydrogen-bond donors (Lipinski definition) is 1. The summed E-state index contributed by atoms with van der Waals surface area (Å²) in [5.41, 5.74) is 5.37. The van der Waals surface area contributed by atoms with Crippen LogP contribution in [0.2, 0.25) is 0 Å². The molecular weight excluding hydrogens is 386 g/mol. The highest BCUT2D eigenvalue weighted by Crippen LogP contribution is 2.22. The highest BCUT2D eigenvalue weighted by molar-refractivity contribution is 5.94. The predicted molar refractivity (Wildman–Crippen MR) is 120 cm³/mol. The number of nitrogens with one attached hydrogen (secondary N) is 1. The number of pyridine rings is 2. The largest absolute Gasteiger partial charge is 0.336 e. The molecule has 0 bridgehead atoms. The fourth-order valence-electron chi connectivity index (χ4n) is 3.67. The summed E-state index contributed by atoms with van der Waals surface area (Å²) in [5.74, 6) is 6.43. The van der Waals surface area contributed by atoms with Gasteiger partial charge in [0.25, 0.3) is 5.91 Å². The molecule has 6 heteroatoms. The minimum Gasteiger partial charge on any atom is -0.336 e. The molecule has 1 N–H and O–H groups in total. The van der Waals surface area contributed by atoms with Crippen LogP contribution >= 0.6 is 0 Å². The molecule has 4 aromatic rings. The maximum absolute atomic E-state index is 12.7. The van der Waals surface area contributed by atoms with Crippen molar-refractivity contribution >= 4 is 11.6 Å². The van der Waals surface area contributed by atoms with Crippen LogP contribution in [-0.2, 0) is 0 Å². The van der Waals surface area contributed by atoms with Crippen LogP contribution in [0, 0.1) is 11.8 Å². The summed E-state index contributed by atoms with van der Waals surface area (Å²) >= 11 is 0. The molecule has 0 unspecified atom stereocenters. The Balaban J connectivity index is 1.41. The lowest BCUT2D eigenvalue weighted by atomic mass is 10.0. The summed E-state index contributed by atoms with van der Waals surface area (Å²) < 4.78 is 1.99. The number of piperazine rings is 1. The monoisotopic (exact) mass is 407 g/mol. The number of fused-ring (bicyclic) bond motifs is 1. The molecule has 152 valence electrons. The molecule has 6 nitrogen and oxygen atoms in total. The zero-order valence-corrected chi connectivity index (χ0v) is 17.0. The molecule has 3 aromatic heterocycles. The molecule has 1 aromatic carbocycles. The van der Waals surface area contributed by atoms with E-state index in [1.54, 1.807) is 18.6 Å². The van der Waals surface area contributed by atoms with Crippen molar-refractivity contribution < 1.29 is 4.79 Å². The third-order valence-electron chi connectivity index (χ3n) is 5.39. The quantitative estimate of drug-likeness (QED) is 0.519. The number of carbonyl (C=O) groups is 1. The lowest BCUT2D eigenvalue weighted by Crippen LogP contribution is -2.46. The van der Waals surface area contributed by atoms with Gasteiger partial charge in [0.2, 0.25) is 0 Å². The normalized spacial score (nSPS) is 13.6. The Morgan fingerprint density at radius 3 is 2.42 bits per heavy atom. The lowest BCUT2D eigenvalue weighted by molar-refractivity contribution is 0.0736. The highest BCUT2D eigenvalue weighted by Gasteiger charge is 2.17. The van der Waals surface area contributed by atoms with Gasteiger partial charge in [0.1, 0.15) is 11.3 Å². The van der Waals surface area contributed by atoms with E-state index in [9.17, 15) is 4.79 Å². The van der Waals surface area contributed by atoms with Gasteiger partial charge in [0, 0.05) is 55.9 Å². The lowest BCUT2D eigenvalue weighted by Gasteiger charge is -2.27. The zero-order chi connectivity index (χ0) is 21.0. The van der Waals surface area contributed by atoms with Crippen molar-refractivity contribution in [3.05, 3.63) is 90.1 Å². The van der Waals surface area contributed by atoms with Crippen LogP contribution in [0.25, 0.3) is 16.8 Å². The van der Waals surface area contributed by atoms with Crippen molar-refractivity contribution in [1.29, 1.82) is 0 Å². The Bertz CT molecular complexity index is 1280. The van der Waals surface area contributed by atoms with Crippen LogP contribution in [-0.4, -0.2) is 51.4 Å². The van der Waals surface area contributed by atoms with Gasteiger partial charge in [-0.15, -0.1) is 0 Å². The van der Waals surface area contributed by atoms with Gasteiger partial charge >= 0.3 is 0 Å². The van der Waals surface area contributed by atoms with E-state index in [0.717, 1.165) is 59.8 Å². The number of hydrogen-bond acceptors (Lipinski definition) is 4. The number of carbonyl (C=O) groups excluding carboxylic acids is 1. The van der Waals surface area contributed by atoms with Crippen LogP contribution in [0.15, 0.2) is 73.3 Å². The molecule has 0 aliphatic carbocycles. The Labute approximate surface area is 180 Å². The fourth-order valence-corrected chi connectivity index (χ4v) is 3.67. The molecule has 0 spiro atoms. The van der Waals surface area contributed by atoms with Gasteiger partial charge in [-0.1, -0.05) is 18.1 Å². The third-order valence-corrected chi connectivity index (χ3v) is 5.39. The van der Waals surface area contributed by atoms with E-state index in [0.29, 0.717) is 0 Å². The average Bonchev–Trinajstić information content (AvgIpc) is 3.26. The van der Waals surface area contributed by atoms with Gasteiger partial charge in [0.15, 0.2) is 0 Å². The summed E-state index contributed by atoms with van der Waals surface area (Å²) in [4.78, 5) is 23.1. The second kappa shape index (κ2) is 8.42. The van der Waals surface area contributed by atoms with Crippen molar-refractivity contribution in [2.45, 2.75) is 0 Å². The first kappa shape index (κ1) is 19.0. The molecule has 0 saturated carbocycles. The van der Waals surface area contributed by atoms with Gasteiger partial charge in [0.05, 0.1) is 6.20 Å². The van der Waals surface area contributed by atoms with Gasteiger partial charge in [-0.05, 0) is 53.4 Å². The van der Waals surface area contributed by atoms with E-state index in [-0.39, 0.29) is 5.91 Å². The first-order valence-corrected chi connectivity index (χ1v) is 10.3. The smallest absolute Gasteiger partial charge is 0.253 e. The van der Waals surface area contributed by atoms with Crippen molar-refractivity contribution in [2.75, 3.05) is 26.2 Å². The van der Waals surface area contributed by atoms with Gasteiger partial charge in [-0.25, -0.2) is 4.98 Å². The number of benzene rings is 1. The van der Waals surface area contributed by atoms with Crippen LogP contribution < -0.4 is 5.32 Å². The van der Waals surface area contributed by atoms with Crippen molar-refractivity contribution in [1.82, 2.24) is 24.6 Å². The molecule has 1 fully saturated rings. The summed E-state index contributed by atoms with van der Waals surface area (Å²) in [6.07, 6.45) is 7.27. The second-order valence-corrected chi connectivity index (χ2v) is 7.39. The van der Waals surface area contributed by atoms with E-state index in [1.807, 2.05) is 64.0 Å². The van der Waals surface area contributed by atoms with Gasteiger partial charge in [-0.3, -0.25) is 14.2 Å². The fraction of sp³-hybridized carbons (Fsp3) is 0.160. The molecule has 5 rings (SSSR count). The van der Waals surface area contributed by atoms with Crippen LogP contribution in [0.5, 0.6) is 0 Å². The Morgan fingerprint density at radius 2 is 1.65 bits per heavy atom. The van der Waals surface area contributed by atoms with E-state index in [2.05, 4.69) is 27.1 Å². The van der Waals surface area contributed by atoms with Crippen molar-refractivity contribution in [3.63, 3.8) is 0 Å². The summed E-state index contributed by atoms with van der Waals surface area (Å²) in [6, 6.07) is 15.6. The third kappa shape index (κ3) is 4.04. The van der Waals surface area contributed by atoms with Crippen LogP contribution in [0.3, 0.4) is 0 Å². The first-order chi connectivity index (χ1) is 15.3. The maximum Gasteiger partial charge on any atom is 0.253 e. The van der Waals surface area contributed by atoms with Crippen molar-refractivity contribution in [3.8, 4) is 23.0 Å². The Hall–Kier alpha value is -3.95. The number of amides is 1. The maximum atomic E-state index is 12.7. The summed E-state index contributed by atoms with van der Waals surface area (Å²) in [6.45, 7) is 3.20. The van der Waals surface area contributed by atoms with E-state index in [1.165, 1.54) is 0 Å². The Kier molecular flexibility index (Phi) is 5.17. The number of rotatable bonds is 2. The molecule has 1 aliphatic rings. The molecule has 31 heavy (non-hydrogen) atoms. The molecular formula is C25H21N5O. The number of imidazole rings is 1. The first-order valence-electron chi connectivity index (χ1n) is 10.3. The second-order valence-electron chi connectivity index (χ2n) is 7.39. The SMILES string of the molecule is O=C(c1ccc(-c2ccc3ncc(C#Cc4ccncc4)n3c2)cc1)N1CCNCC1. The summed E-state index contributed by atoms with van der Waals surface area (Å²) in [5, 5.41) is 3.27. The van der Waals surface area contributed by atoms with Crippen molar-refractivity contribution in [2.24, 2.45) is 0 Å².